The van der Waals surface area contributed by atoms with Gasteiger partial charge in [-0.25, -0.2) is 4.98 Å². The van der Waals surface area contributed by atoms with Gasteiger partial charge >= 0.3 is 0 Å². The molecule has 7 heteroatoms. The van der Waals surface area contributed by atoms with Gasteiger partial charge in [0, 0.05) is 34.1 Å². The number of rotatable bonds is 5. The van der Waals surface area contributed by atoms with Crippen LogP contribution in [0.25, 0.3) is 0 Å². The molecule has 2 aromatic rings. The van der Waals surface area contributed by atoms with Crippen molar-refractivity contribution >= 4 is 28.6 Å². The Balaban J connectivity index is 1.32. The van der Waals surface area contributed by atoms with Crippen molar-refractivity contribution in [2.24, 2.45) is 5.92 Å². The van der Waals surface area contributed by atoms with E-state index in [0.29, 0.717) is 32.6 Å². The highest BCUT2D eigenvalue weighted by Crippen LogP contribution is 2.33. The van der Waals surface area contributed by atoms with Crippen LogP contribution in [0.5, 0.6) is 0 Å². The fraction of sp³-hybridized carbons (Fsp3) is 0.556. The molecule has 1 aliphatic carbocycles. The molecule has 134 valence electrons. The summed E-state index contributed by atoms with van der Waals surface area (Å²) in [6.07, 6.45) is 1.90. The average Bonchev–Trinajstić information content (AvgIpc) is 3.16. The molecule has 1 saturated carbocycles. The second-order valence-electron chi connectivity index (χ2n) is 6.84. The highest BCUT2D eigenvalue weighted by atomic mass is 32.1. The molecular formula is C18H22N2O3S2. The van der Waals surface area contributed by atoms with Crippen LogP contribution in [-0.4, -0.2) is 33.5 Å². The molecule has 3 heterocycles. The van der Waals surface area contributed by atoms with E-state index in [-0.39, 0.29) is 17.9 Å². The zero-order valence-corrected chi connectivity index (χ0v) is 15.9. The lowest BCUT2D eigenvalue weighted by Crippen LogP contribution is -2.45. The molecular weight excluding hydrogens is 356 g/mol. The number of hydrogen-bond donors (Lipinski definition) is 1. The Morgan fingerprint density at radius 1 is 1.44 bits per heavy atom. The van der Waals surface area contributed by atoms with Crippen LogP contribution in [0, 0.1) is 12.8 Å². The van der Waals surface area contributed by atoms with Crippen molar-refractivity contribution in [2.45, 2.75) is 52.0 Å². The smallest absolute Gasteiger partial charge is 0.226 e. The molecule has 0 atom stereocenters. The summed E-state index contributed by atoms with van der Waals surface area (Å²) in [6.45, 7) is 4.62. The Hall–Kier alpha value is -1.28. The van der Waals surface area contributed by atoms with E-state index < -0.39 is 0 Å². The predicted octanol–water partition coefficient (Wildman–Crippen LogP) is 2.89. The monoisotopic (exact) mass is 378 g/mol. The number of aliphatic hydroxyl groups is 1. The molecule has 0 spiro atoms. The van der Waals surface area contributed by atoms with E-state index in [1.807, 2.05) is 17.2 Å². The molecule has 1 fully saturated rings. The van der Waals surface area contributed by atoms with Gasteiger partial charge in [-0.2, -0.15) is 0 Å². The first kappa shape index (κ1) is 17.1. The SMILES string of the molecule is Cc1nc(COCc2cc3c(s2)CCN(C(=O)C2CC(O)C2)C3)cs1. The molecule has 0 aromatic carbocycles. The third-order valence-electron chi connectivity index (χ3n) is 4.85. The number of aliphatic hydroxyl groups excluding tert-OH is 1. The second-order valence-corrected chi connectivity index (χ2v) is 9.13. The Morgan fingerprint density at radius 2 is 2.28 bits per heavy atom. The maximum atomic E-state index is 12.5. The number of thiazole rings is 1. The van der Waals surface area contributed by atoms with Gasteiger partial charge in [0.15, 0.2) is 0 Å². The fourth-order valence-electron chi connectivity index (χ4n) is 3.43. The molecule has 1 N–H and O–H groups in total. The van der Waals surface area contributed by atoms with Gasteiger partial charge in [0.1, 0.15) is 0 Å². The van der Waals surface area contributed by atoms with Crippen LogP contribution in [0.1, 0.15) is 38.9 Å². The summed E-state index contributed by atoms with van der Waals surface area (Å²) in [4.78, 5) is 21.4. The summed E-state index contributed by atoms with van der Waals surface area (Å²) in [5.41, 5.74) is 2.25. The summed E-state index contributed by atoms with van der Waals surface area (Å²) >= 11 is 3.44. The van der Waals surface area contributed by atoms with E-state index >= 15 is 0 Å². The van der Waals surface area contributed by atoms with Crippen LogP contribution in [0.4, 0.5) is 0 Å². The molecule has 0 radical (unpaired) electrons. The number of carbonyl (C=O) groups is 1. The first-order valence-corrected chi connectivity index (χ1v) is 10.3. The molecule has 1 aliphatic heterocycles. The van der Waals surface area contributed by atoms with Crippen molar-refractivity contribution in [3.05, 3.63) is 37.5 Å². The zero-order valence-electron chi connectivity index (χ0n) is 14.2. The van der Waals surface area contributed by atoms with Crippen molar-refractivity contribution in [1.29, 1.82) is 0 Å². The lowest BCUT2D eigenvalue weighted by atomic mass is 9.81. The fourth-order valence-corrected chi connectivity index (χ4v) is 5.14. The number of aryl methyl sites for hydroxylation is 1. The highest BCUT2D eigenvalue weighted by molar-refractivity contribution is 7.12. The maximum Gasteiger partial charge on any atom is 0.226 e. The topological polar surface area (TPSA) is 62.7 Å². The van der Waals surface area contributed by atoms with Crippen LogP contribution < -0.4 is 0 Å². The van der Waals surface area contributed by atoms with Crippen molar-refractivity contribution in [2.75, 3.05) is 6.54 Å². The van der Waals surface area contributed by atoms with E-state index in [2.05, 4.69) is 11.1 Å². The number of amides is 1. The number of nitrogens with zero attached hydrogens (tertiary/aromatic N) is 2. The van der Waals surface area contributed by atoms with E-state index in [9.17, 15) is 9.90 Å². The van der Waals surface area contributed by atoms with Crippen molar-refractivity contribution in [3.8, 4) is 0 Å². The van der Waals surface area contributed by atoms with Gasteiger partial charge in [0.2, 0.25) is 5.91 Å². The quantitative estimate of drug-likeness (QED) is 0.869. The summed E-state index contributed by atoms with van der Waals surface area (Å²) in [5, 5.41) is 12.5. The van der Waals surface area contributed by atoms with Gasteiger partial charge in [0.25, 0.3) is 0 Å². The van der Waals surface area contributed by atoms with E-state index in [1.165, 1.54) is 15.3 Å². The standard InChI is InChI=1S/C18H22N2O3S2/c1-11-19-14(10-24-11)8-23-9-16-6-13-7-20(3-2-17(13)25-16)18(22)12-4-15(21)5-12/h6,10,12,15,21H,2-5,7-9H2,1H3. The third-order valence-corrected chi connectivity index (χ3v) is 6.89. The van der Waals surface area contributed by atoms with Crippen LogP contribution in [-0.2, 0) is 35.7 Å². The van der Waals surface area contributed by atoms with Gasteiger partial charge in [0.05, 0.1) is 30.0 Å². The molecule has 25 heavy (non-hydrogen) atoms. The summed E-state index contributed by atoms with van der Waals surface area (Å²) in [7, 11) is 0. The van der Waals surface area contributed by atoms with Gasteiger partial charge < -0.3 is 14.7 Å². The lowest BCUT2D eigenvalue weighted by Gasteiger charge is -2.36. The minimum atomic E-state index is -0.277. The molecule has 2 aromatic heterocycles. The minimum Gasteiger partial charge on any atom is -0.393 e. The molecule has 0 saturated heterocycles. The lowest BCUT2D eigenvalue weighted by molar-refractivity contribution is -0.143. The zero-order chi connectivity index (χ0) is 17.4. The van der Waals surface area contributed by atoms with Crippen molar-refractivity contribution in [3.63, 3.8) is 0 Å². The average molecular weight is 379 g/mol. The summed E-state index contributed by atoms with van der Waals surface area (Å²) < 4.78 is 5.79. The number of ether oxygens (including phenoxy) is 1. The van der Waals surface area contributed by atoms with E-state index in [4.69, 9.17) is 4.74 Å². The second kappa shape index (κ2) is 7.15. The molecule has 2 aliphatic rings. The van der Waals surface area contributed by atoms with Crippen LogP contribution in [0.3, 0.4) is 0 Å². The number of carbonyl (C=O) groups excluding carboxylic acids is 1. The largest absolute Gasteiger partial charge is 0.393 e. The maximum absolute atomic E-state index is 12.5. The van der Waals surface area contributed by atoms with Crippen molar-refractivity contribution in [1.82, 2.24) is 9.88 Å². The number of fused-ring (bicyclic) bond motifs is 1. The summed E-state index contributed by atoms with van der Waals surface area (Å²) in [6, 6.07) is 2.18. The molecule has 5 nitrogen and oxygen atoms in total. The molecule has 0 bridgehead atoms. The predicted molar refractivity (Wildman–Crippen MR) is 97.5 cm³/mol. The van der Waals surface area contributed by atoms with Gasteiger partial charge in [-0.1, -0.05) is 0 Å². The highest BCUT2D eigenvalue weighted by Gasteiger charge is 2.36. The number of aromatic nitrogens is 1. The van der Waals surface area contributed by atoms with Gasteiger partial charge in [-0.15, -0.1) is 22.7 Å². The Labute approximate surface area is 155 Å². The minimum absolute atomic E-state index is 0.0274. The Morgan fingerprint density at radius 3 is 3.00 bits per heavy atom. The normalized spacial score (nSPS) is 22.6. The van der Waals surface area contributed by atoms with Crippen LogP contribution in [0.15, 0.2) is 11.4 Å². The third kappa shape index (κ3) is 3.79. The molecule has 1 amide bonds. The Kier molecular flexibility index (Phi) is 4.90. The van der Waals surface area contributed by atoms with Crippen LogP contribution >= 0.6 is 22.7 Å². The van der Waals surface area contributed by atoms with E-state index in [1.54, 1.807) is 22.7 Å². The van der Waals surface area contributed by atoms with Gasteiger partial charge in [-0.05, 0) is 37.8 Å². The number of hydrogen-bond acceptors (Lipinski definition) is 6. The summed E-state index contributed by atoms with van der Waals surface area (Å²) in [5.74, 6) is 0.235. The van der Waals surface area contributed by atoms with Crippen molar-refractivity contribution < 1.29 is 14.6 Å². The molecule has 4 rings (SSSR count). The van der Waals surface area contributed by atoms with Gasteiger partial charge in [-0.3, -0.25) is 4.79 Å². The Bertz CT molecular complexity index is 764. The first-order valence-electron chi connectivity index (χ1n) is 8.64. The molecule has 0 unspecified atom stereocenters. The number of thiophene rings is 1. The van der Waals surface area contributed by atoms with Crippen LogP contribution in [0.2, 0.25) is 0 Å². The first-order chi connectivity index (χ1) is 12.1. The van der Waals surface area contributed by atoms with E-state index in [0.717, 1.165) is 23.7 Å².